The Morgan fingerprint density at radius 1 is 1.42 bits per heavy atom. The molecule has 2 aromatic rings. The molecule has 1 heterocycles. The maximum Gasteiger partial charge on any atom is 0.119 e. The zero-order valence-corrected chi connectivity index (χ0v) is 12.6. The molecular weight excluding hydrogens is 306 g/mol. The zero-order valence-electron chi connectivity index (χ0n) is 11.0. The first-order chi connectivity index (χ1) is 9.29. The number of methoxy groups -OCH3 is 1. The summed E-state index contributed by atoms with van der Waals surface area (Å²) in [5.74, 6) is 0.887. The van der Waals surface area contributed by atoms with E-state index in [0.29, 0.717) is 0 Å². The lowest BCUT2D eigenvalue weighted by molar-refractivity contribution is 0.414. The van der Waals surface area contributed by atoms with Crippen LogP contribution in [-0.4, -0.2) is 23.2 Å². The number of imidazole rings is 1. The molecule has 0 aliphatic carbocycles. The highest BCUT2D eigenvalue weighted by Gasteiger charge is 2.01. The second-order valence-corrected chi connectivity index (χ2v) is 5.14. The molecule has 5 heteroatoms. The summed E-state index contributed by atoms with van der Waals surface area (Å²) in [5, 5.41) is 3.44. The molecule has 0 saturated heterocycles. The number of hydrogen-bond donors (Lipinski definition) is 1. The SMILES string of the molecule is COc1ccc(Br)c(CNCCCn2ccnc2)c1. The number of nitrogens with zero attached hydrogens (tertiary/aromatic N) is 2. The van der Waals surface area contributed by atoms with E-state index in [1.54, 1.807) is 13.3 Å². The van der Waals surface area contributed by atoms with Crippen LogP contribution in [0.3, 0.4) is 0 Å². The molecule has 1 aromatic heterocycles. The van der Waals surface area contributed by atoms with Gasteiger partial charge in [-0.15, -0.1) is 0 Å². The fraction of sp³-hybridized carbons (Fsp3) is 0.357. The summed E-state index contributed by atoms with van der Waals surface area (Å²) in [6.07, 6.45) is 6.72. The molecule has 0 bridgehead atoms. The minimum atomic E-state index is 0.835. The summed E-state index contributed by atoms with van der Waals surface area (Å²) in [7, 11) is 1.69. The van der Waals surface area contributed by atoms with Crippen molar-refractivity contribution in [1.82, 2.24) is 14.9 Å². The maximum atomic E-state index is 5.23. The smallest absolute Gasteiger partial charge is 0.119 e. The largest absolute Gasteiger partial charge is 0.497 e. The third kappa shape index (κ3) is 4.36. The predicted molar refractivity (Wildman–Crippen MR) is 79.2 cm³/mol. The van der Waals surface area contributed by atoms with E-state index < -0.39 is 0 Å². The number of benzene rings is 1. The van der Waals surface area contributed by atoms with Crippen LogP contribution in [0.2, 0.25) is 0 Å². The van der Waals surface area contributed by atoms with Crippen LogP contribution in [0.5, 0.6) is 5.75 Å². The Morgan fingerprint density at radius 2 is 2.32 bits per heavy atom. The maximum absolute atomic E-state index is 5.23. The number of ether oxygens (including phenoxy) is 1. The predicted octanol–water partition coefficient (Wildman–Crippen LogP) is 2.83. The third-order valence-electron chi connectivity index (χ3n) is 2.90. The topological polar surface area (TPSA) is 39.1 Å². The molecule has 0 saturated carbocycles. The van der Waals surface area contributed by atoms with E-state index >= 15 is 0 Å². The van der Waals surface area contributed by atoms with Crippen LogP contribution in [0.15, 0.2) is 41.4 Å². The summed E-state index contributed by atoms with van der Waals surface area (Å²) < 4.78 is 8.42. The summed E-state index contributed by atoms with van der Waals surface area (Å²) in [4.78, 5) is 4.02. The first kappa shape index (κ1) is 14.1. The molecule has 1 aromatic carbocycles. The zero-order chi connectivity index (χ0) is 13.5. The highest BCUT2D eigenvalue weighted by molar-refractivity contribution is 9.10. The molecule has 4 nitrogen and oxygen atoms in total. The van der Waals surface area contributed by atoms with Gasteiger partial charge in [-0.2, -0.15) is 0 Å². The van der Waals surface area contributed by atoms with Crippen molar-refractivity contribution in [3.8, 4) is 5.75 Å². The van der Waals surface area contributed by atoms with Crippen molar-refractivity contribution < 1.29 is 4.74 Å². The number of halogens is 1. The van der Waals surface area contributed by atoms with Crippen LogP contribution in [0.1, 0.15) is 12.0 Å². The van der Waals surface area contributed by atoms with E-state index in [4.69, 9.17) is 4.74 Å². The molecule has 0 aliphatic heterocycles. The number of aryl methyl sites for hydroxylation is 1. The Balaban J connectivity index is 1.73. The van der Waals surface area contributed by atoms with Crippen LogP contribution in [0, 0.1) is 0 Å². The second-order valence-electron chi connectivity index (χ2n) is 4.29. The van der Waals surface area contributed by atoms with E-state index in [-0.39, 0.29) is 0 Å². The molecule has 1 N–H and O–H groups in total. The Bertz CT molecular complexity index is 499. The molecule has 0 unspecified atom stereocenters. The lowest BCUT2D eigenvalue weighted by atomic mass is 10.2. The monoisotopic (exact) mass is 323 g/mol. The van der Waals surface area contributed by atoms with Gasteiger partial charge in [0.2, 0.25) is 0 Å². The van der Waals surface area contributed by atoms with Gasteiger partial charge >= 0.3 is 0 Å². The van der Waals surface area contributed by atoms with Crippen LogP contribution in [-0.2, 0) is 13.1 Å². The summed E-state index contributed by atoms with van der Waals surface area (Å²) >= 11 is 3.55. The quantitative estimate of drug-likeness (QED) is 0.796. The van der Waals surface area contributed by atoms with Crippen LogP contribution >= 0.6 is 15.9 Å². The molecule has 102 valence electrons. The van der Waals surface area contributed by atoms with Gasteiger partial charge in [0.05, 0.1) is 13.4 Å². The van der Waals surface area contributed by atoms with Gasteiger partial charge in [-0.3, -0.25) is 0 Å². The third-order valence-corrected chi connectivity index (χ3v) is 3.67. The van der Waals surface area contributed by atoms with Gasteiger partial charge in [0, 0.05) is 30.0 Å². The van der Waals surface area contributed by atoms with Gasteiger partial charge in [-0.1, -0.05) is 15.9 Å². The second kappa shape index (κ2) is 7.31. The number of nitrogens with one attached hydrogen (secondary N) is 1. The molecule has 0 amide bonds. The number of rotatable bonds is 7. The number of hydrogen-bond acceptors (Lipinski definition) is 3. The van der Waals surface area contributed by atoms with Gasteiger partial charge in [0.25, 0.3) is 0 Å². The average molecular weight is 324 g/mol. The van der Waals surface area contributed by atoms with Crippen molar-refractivity contribution in [2.75, 3.05) is 13.7 Å². The fourth-order valence-electron chi connectivity index (χ4n) is 1.84. The van der Waals surface area contributed by atoms with Gasteiger partial charge < -0.3 is 14.6 Å². The Hall–Kier alpha value is -1.33. The Labute approximate surface area is 121 Å². The lowest BCUT2D eigenvalue weighted by Crippen LogP contribution is -2.16. The van der Waals surface area contributed by atoms with Crippen molar-refractivity contribution in [3.05, 3.63) is 47.0 Å². The van der Waals surface area contributed by atoms with E-state index in [9.17, 15) is 0 Å². The molecule has 0 spiro atoms. The molecular formula is C14H18BrN3O. The van der Waals surface area contributed by atoms with E-state index in [2.05, 4.69) is 30.8 Å². The van der Waals surface area contributed by atoms with Crippen LogP contribution in [0.4, 0.5) is 0 Å². The Kier molecular flexibility index (Phi) is 5.42. The normalized spacial score (nSPS) is 10.6. The average Bonchev–Trinajstić information content (AvgIpc) is 2.93. The van der Waals surface area contributed by atoms with Gasteiger partial charge in [0.1, 0.15) is 5.75 Å². The fourth-order valence-corrected chi connectivity index (χ4v) is 2.23. The van der Waals surface area contributed by atoms with Crippen molar-refractivity contribution >= 4 is 15.9 Å². The van der Waals surface area contributed by atoms with Crippen molar-refractivity contribution in [2.24, 2.45) is 0 Å². The number of aromatic nitrogens is 2. The highest BCUT2D eigenvalue weighted by Crippen LogP contribution is 2.22. The molecule has 2 rings (SSSR count). The van der Waals surface area contributed by atoms with E-state index in [1.165, 1.54) is 5.56 Å². The summed E-state index contributed by atoms with van der Waals surface area (Å²) in [5.41, 5.74) is 1.21. The van der Waals surface area contributed by atoms with Crippen LogP contribution in [0.25, 0.3) is 0 Å². The molecule has 0 atom stereocenters. The molecule has 19 heavy (non-hydrogen) atoms. The van der Waals surface area contributed by atoms with Gasteiger partial charge in [0.15, 0.2) is 0 Å². The van der Waals surface area contributed by atoms with Crippen molar-refractivity contribution in [1.29, 1.82) is 0 Å². The molecule has 0 fully saturated rings. The molecule has 0 radical (unpaired) electrons. The minimum Gasteiger partial charge on any atom is -0.497 e. The van der Waals surface area contributed by atoms with Crippen LogP contribution < -0.4 is 10.1 Å². The standard InChI is InChI=1S/C14H18BrN3O/c1-19-13-3-4-14(15)12(9-13)10-16-5-2-7-18-8-6-17-11-18/h3-4,6,8-9,11,16H,2,5,7,10H2,1H3. The van der Waals surface area contributed by atoms with E-state index in [1.807, 2.05) is 30.7 Å². The molecule has 0 aliphatic rings. The van der Waals surface area contributed by atoms with Crippen molar-refractivity contribution in [3.63, 3.8) is 0 Å². The Morgan fingerprint density at radius 3 is 3.05 bits per heavy atom. The van der Waals surface area contributed by atoms with Crippen molar-refractivity contribution in [2.45, 2.75) is 19.5 Å². The van der Waals surface area contributed by atoms with Gasteiger partial charge in [-0.25, -0.2) is 4.98 Å². The first-order valence-corrected chi connectivity index (χ1v) is 7.08. The summed E-state index contributed by atoms with van der Waals surface area (Å²) in [6.45, 7) is 2.80. The minimum absolute atomic E-state index is 0.835. The van der Waals surface area contributed by atoms with E-state index in [0.717, 1.165) is 36.3 Å². The summed E-state index contributed by atoms with van der Waals surface area (Å²) in [6, 6.07) is 6.01. The highest BCUT2D eigenvalue weighted by atomic mass is 79.9. The first-order valence-electron chi connectivity index (χ1n) is 6.28. The van der Waals surface area contributed by atoms with Gasteiger partial charge in [-0.05, 0) is 36.7 Å². The lowest BCUT2D eigenvalue weighted by Gasteiger charge is -2.09.